The van der Waals surface area contributed by atoms with Gasteiger partial charge in [-0.2, -0.15) is 0 Å². The van der Waals surface area contributed by atoms with Gasteiger partial charge in [0.1, 0.15) is 13.2 Å². The molecule has 2 fully saturated rings. The summed E-state index contributed by atoms with van der Waals surface area (Å²) in [6.07, 6.45) is 0.759. The van der Waals surface area contributed by atoms with Crippen molar-refractivity contribution < 1.29 is 33.8 Å². The highest BCUT2D eigenvalue weighted by molar-refractivity contribution is 6.22. The topological polar surface area (TPSA) is 119 Å². The van der Waals surface area contributed by atoms with Crippen molar-refractivity contribution >= 4 is 23.6 Å². The molecule has 36 heavy (non-hydrogen) atoms. The molecule has 5 atom stereocenters. The Morgan fingerprint density at radius 2 is 1.50 bits per heavy atom. The Morgan fingerprint density at radius 3 is 2.14 bits per heavy atom. The molecule has 2 aromatic rings. The molecular weight excluding hydrogens is 462 g/mol. The number of benzene rings is 2. The van der Waals surface area contributed by atoms with Crippen LogP contribution in [0.5, 0.6) is 0 Å². The Labute approximate surface area is 210 Å². The van der Waals surface area contributed by atoms with Gasteiger partial charge in [-0.1, -0.05) is 67.1 Å². The molecule has 2 aliphatic carbocycles. The molecule has 1 amide bonds. The second-order valence-corrected chi connectivity index (χ2v) is 9.53. The summed E-state index contributed by atoms with van der Waals surface area (Å²) in [6.45, 7) is 0.121. The van der Waals surface area contributed by atoms with Crippen LogP contribution >= 0.6 is 0 Å². The third kappa shape index (κ3) is 6.37. The lowest BCUT2D eigenvalue weighted by molar-refractivity contribution is -0.154. The van der Waals surface area contributed by atoms with Gasteiger partial charge < -0.3 is 19.9 Å². The lowest BCUT2D eigenvalue weighted by atomic mass is 9.77. The summed E-state index contributed by atoms with van der Waals surface area (Å²) in [5.41, 5.74) is 1.63. The number of amides is 1. The highest BCUT2D eigenvalue weighted by Crippen LogP contribution is 2.36. The van der Waals surface area contributed by atoms with Crippen LogP contribution in [-0.2, 0) is 37.1 Å². The molecule has 0 radical (unpaired) electrons. The van der Waals surface area contributed by atoms with Gasteiger partial charge >= 0.3 is 12.1 Å². The maximum absolute atomic E-state index is 12.9. The van der Waals surface area contributed by atoms with Crippen LogP contribution in [0.1, 0.15) is 43.2 Å². The first-order valence-electron chi connectivity index (χ1n) is 12.3. The molecule has 2 aliphatic rings. The molecule has 0 aromatic heterocycles. The first-order chi connectivity index (χ1) is 17.4. The number of rotatable bonds is 8. The van der Waals surface area contributed by atoms with E-state index in [0.717, 1.165) is 17.5 Å². The number of carbonyl (C=O) groups is 4. The average molecular weight is 494 g/mol. The van der Waals surface area contributed by atoms with Gasteiger partial charge in [-0.05, 0) is 36.3 Å². The van der Waals surface area contributed by atoms with Crippen molar-refractivity contribution in [3.63, 3.8) is 0 Å². The minimum atomic E-state index is -1.40. The van der Waals surface area contributed by atoms with Crippen molar-refractivity contribution in [1.29, 1.82) is 0 Å². The minimum Gasteiger partial charge on any atom is -0.460 e. The van der Waals surface area contributed by atoms with Gasteiger partial charge in [0.15, 0.2) is 17.5 Å². The van der Waals surface area contributed by atoms with Gasteiger partial charge in [-0.25, -0.2) is 4.79 Å². The number of hydrogen-bond donors (Lipinski definition) is 2. The minimum absolute atomic E-state index is 0.00351. The maximum Gasteiger partial charge on any atom is 0.407 e. The number of aliphatic hydroxyl groups excluding tert-OH is 1. The predicted molar refractivity (Wildman–Crippen MR) is 129 cm³/mol. The molecule has 8 nitrogen and oxygen atoms in total. The molecule has 0 heterocycles. The molecular formula is C28H31NO7. The largest absolute Gasteiger partial charge is 0.460 e. The van der Waals surface area contributed by atoms with E-state index in [9.17, 15) is 24.3 Å². The second kappa shape index (κ2) is 11.9. The Kier molecular flexibility index (Phi) is 8.48. The molecule has 2 N–H and O–H groups in total. The molecule has 190 valence electrons. The first kappa shape index (κ1) is 25.6. The van der Waals surface area contributed by atoms with Crippen LogP contribution in [0, 0.1) is 17.8 Å². The van der Waals surface area contributed by atoms with Crippen LogP contribution in [0.3, 0.4) is 0 Å². The Balaban J connectivity index is 1.28. The molecule has 4 rings (SSSR count). The van der Waals surface area contributed by atoms with Crippen molar-refractivity contribution in [3.05, 3.63) is 71.8 Å². The van der Waals surface area contributed by atoms with Crippen molar-refractivity contribution in [2.45, 2.75) is 57.5 Å². The van der Waals surface area contributed by atoms with Crippen molar-refractivity contribution in [2.75, 3.05) is 0 Å². The molecule has 4 unspecified atom stereocenters. The number of hydrogen-bond acceptors (Lipinski definition) is 7. The fourth-order valence-electron chi connectivity index (χ4n) is 5.08. The third-order valence-electron chi connectivity index (χ3n) is 7.00. The zero-order valence-corrected chi connectivity index (χ0v) is 20.0. The summed E-state index contributed by atoms with van der Waals surface area (Å²) in [4.78, 5) is 50.2. The van der Waals surface area contributed by atoms with E-state index in [1.165, 1.54) is 0 Å². The van der Waals surface area contributed by atoms with Crippen molar-refractivity contribution in [3.8, 4) is 0 Å². The van der Waals surface area contributed by atoms with E-state index >= 15 is 0 Å². The Morgan fingerprint density at radius 1 is 0.889 bits per heavy atom. The number of carbonyl (C=O) groups excluding carboxylic acids is 4. The van der Waals surface area contributed by atoms with Gasteiger partial charge in [0.05, 0.1) is 12.1 Å². The molecule has 0 aliphatic heterocycles. The first-order valence-corrected chi connectivity index (χ1v) is 12.3. The summed E-state index contributed by atoms with van der Waals surface area (Å²) < 4.78 is 10.5. The lowest BCUT2D eigenvalue weighted by Crippen LogP contribution is -2.49. The molecule has 2 saturated carbocycles. The zero-order valence-electron chi connectivity index (χ0n) is 20.0. The van der Waals surface area contributed by atoms with E-state index in [1.807, 2.05) is 48.5 Å². The van der Waals surface area contributed by atoms with E-state index in [4.69, 9.17) is 9.47 Å². The van der Waals surface area contributed by atoms with Crippen LogP contribution in [0.25, 0.3) is 0 Å². The lowest BCUT2D eigenvalue weighted by Gasteiger charge is -2.36. The number of Topliss-reactive ketones (excluding diaryl/α,β-unsaturated/α-hetero) is 2. The van der Waals surface area contributed by atoms with E-state index in [0.29, 0.717) is 12.8 Å². The normalized spacial score (nSPS) is 25.9. The van der Waals surface area contributed by atoms with Gasteiger partial charge in [0.25, 0.3) is 0 Å². The highest BCUT2D eigenvalue weighted by atomic mass is 16.5. The van der Waals surface area contributed by atoms with Gasteiger partial charge in [0, 0.05) is 12.3 Å². The number of ketones is 2. The number of alkyl carbamates (subject to hydrolysis) is 1. The Hall–Kier alpha value is -3.52. The third-order valence-corrected chi connectivity index (χ3v) is 7.00. The number of nitrogens with one attached hydrogen (secondary N) is 1. The zero-order chi connectivity index (χ0) is 25.5. The van der Waals surface area contributed by atoms with Crippen LogP contribution in [-0.4, -0.2) is 40.9 Å². The molecule has 0 spiro atoms. The summed E-state index contributed by atoms with van der Waals surface area (Å²) in [5, 5.41) is 13.6. The van der Waals surface area contributed by atoms with Gasteiger partial charge in [-0.3, -0.25) is 14.4 Å². The summed E-state index contributed by atoms with van der Waals surface area (Å²) >= 11 is 0. The monoisotopic (exact) mass is 493 g/mol. The quantitative estimate of drug-likeness (QED) is 0.428. The fourth-order valence-corrected chi connectivity index (χ4v) is 5.08. The maximum atomic E-state index is 12.9. The van der Waals surface area contributed by atoms with E-state index in [1.54, 1.807) is 12.1 Å². The number of ether oxygens (including phenoxy) is 2. The number of esters is 1. The highest BCUT2D eigenvalue weighted by Gasteiger charge is 2.48. The second-order valence-electron chi connectivity index (χ2n) is 9.53. The van der Waals surface area contributed by atoms with Crippen molar-refractivity contribution in [2.24, 2.45) is 17.8 Å². The summed E-state index contributed by atoms with van der Waals surface area (Å²) in [5.74, 6) is -4.02. The van der Waals surface area contributed by atoms with Gasteiger partial charge in [0.2, 0.25) is 0 Å². The molecule has 0 saturated heterocycles. The van der Waals surface area contributed by atoms with Crippen LogP contribution in [0.2, 0.25) is 0 Å². The van der Waals surface area contributed by atoms with E-state index < -0.39 is 47.6 Å². The van der Waals surface area contributed by atoms with Crippen LogP contribution in [0.4, 0.5) is 4.79 Å². The summed E-state index contributed by atoms with van der Waals surface area (Å²) in [6, 6.07) is 17.8. The molecule has 8 heteroatoms. The average Bonchev–Trinajstić information content (AvgIpc) is 3.17. The Bertz CT molecular complexity index is 1070. The molecule has 0 bridgehead atoms. The van der Waals surface area contributed by atoms with Crippen LogP contribution in [0.15, 0.2) is 60.7 Å². The fraction of sp³-hybridized carbons (Fsp3) is 0.429. The standard InChI is InChI=1S/C28H31NO7/c30-23-15-21(26(32)24(23)27(33)35-16-18-8-3-1-4-9-18)14-20-12-7-13-22(25(20)31)29-28(34)36-17-19-10-5-2-6-11-19/h1-6,8-11,20-22,24-25,31H,7,12-17H2,(H,29,34)/t20-,21?,22?,24?,25?/m0/s1. The predicted octanol–water partition coefficient (Wildman–Crippen LogP) is 3.35. The van der Waals surface area contributed by atoms with E-state index in [-0.39, 0.29) is 32.0 Å². The summed E-state index contributed by atoms with van der Waals surface area (Å²) in [7, 11) is 0. The van der Waals surface area contributed by atoms with Crippen molar-refractivity contribution in [1.82, 2.24) is 5.32 Å². The van der Waals surface area contributed by atoms with Gasteiger partial charge in [-0.15, -0.1) is 0 Å². The smallest absolute Gasteiger partial charge is 0.407 e. The van der Waals surface area contributed by atoms with E-state index in [2.05, 4.69) is 5.32 Å². The molecule has 2 aromatic carbocycles. The van der Waals surface area contributed by atoms with Crippen LogP contribution < -0.4 is 5.32 Å². The SMILES string of the molecule is O=C(NC1CCC[C@@H](CC2CC(=O)C(C(=O)OCc3ccccc3)C2=O)C1O)OCc1ccccc1. The number of aliphatic hydroxyl groups is 1.